The molecule has 9 heteroatoms. The highest BCUT2D eigenvalue weighted by Crippen LogP contribution is 2.34. The lowest BCUT2D eigenvalue weighted by Crippen LogP contribution is -2.40. The summed E-state index contributed by atoms with van der Waals surface area (Å²) in [6.45, 7) is 1.16. The maximum absolute atomic E-state index is 13.0. The highest BCUT2D eigenvalue weighted by molar-refractivity contribution is 7.09. The Morgan fingerprint density at radius 3 is 2.58 bits per heavy atom. The molecule has 0 saturated carbocycles. The number of nitrogens with zero attached hydrogens (tertiary/aromatic N) is 5. The van der Waals surface area contributed by atoms with E-state index in [0.29, 0.717) is 36.8 Å². The van der Waals surface area contributed by atoms with Gasteiger partial charge in [0.1, 0.15) is 17.8 Å². The van der Waals surface area contributed by atoms with Crippen LogP contribution in [0.15, 0.2) is 24.0 Å². The molecular formula is C15H15F2N5OS. The third-order valence-electron chi connectivity index (χ3n) is 3.86. The van der Waals surface area contributed by atoms with E-state index in [4.69, 9.17) is 4.74 Å². The largest absolute Gasteiger partial charge is 0.460 e. The maximum atomic E-state index is 13.0. The molecule has 3 rings (SSSR count). The highest BCUT2D eigenvalue weighted by Gasteiger charge is 2.31. The van der Waals surface area contributed by atoms with Gasteiger partial charge in [-0.25, -0.2) is 23.7 Å². The summed E-state index contributed by atoms with van der Waals surface area (Å²) in [4.78, 5) is 14.0. The Balaban J connectivity index is 1.63. The smallest absolute Gasteiger partial charge is 0.316 e. The average molecular weight is 351 g/mol. The topological polar surface area (TPSA) is 74.9 Å². The number of ether oxygens (including phenoxy) is 1. The van der Waals surface area contributed by atoms with Crippen molar-refractivity contribution in [2.24, 2.45) is 0 Å². The van der Waals surface area contributed by atoms with Crippen LogP contribution in [0.3, 0.4) is 0 Å². The van der Waals surface area contributed by atoms with Gasteiger partial charge in [-0.05, 0) is 18.9 Å². The summed E-state index contributed by atoms with van der Waals surface area (Å²) < 4.78 is 31.7. The van der Waals surface area contributed by atoms with Crippen molar-refractivity contribution in [3.63, 3.8) is 0 Å². The van der Waals surface area contributed by atoms with Gasteiger partial charge in [0.2, 0.25) is 0 Å². The molecule has 0 bridgehead atoms. The van der Waals surface area contributed by atoms with Crippen LogP contribution in [0.2, 0.25) is 0 Å². The van der Waals surface area contributed by atoms with Crippen molar-refractivity contribution < 1.29 is 13.5 Å². The molecule has 1 saturated heterocycles. The average Bonchev–Trinajstić information content (AvgIpc) is 3.08. The number of halogens is 2. The fraction of sp³-hybridized carbons (Fsp3) is 0.467. The summed E-state index contributed by atoms with van der Waals surface area (Å²) in [7, 11) is 0. The molecule has 1 unspecified atom stereocenters. The number of piperidine rings is 1. The van der Waals surface area contributed by atoms with Crippen molar-refractivity contribution in [1.82, 2.24) is 19.9 Å². The van der Waals surface area contributed by atoms with Gasteiger partial charge in [0, 0.05) is 25.5 Å². The molecule has 1 aliphatic heterocycles. The molecule has 2 aromatic rings. The van der Waals surface area contributed by atoms with Gasteiger partial charge in [0.15, 0.2) is 0 Å². The number of rotatable bonds is 5. The summed E-state index contributed by atoms with van der Waals surface area (Å²) in [5.74, 6) is 0. The summed E-state index contributed by atoms with van der Waals surface area (Å²) in [6.07, 6.45) is 1.87. The van der Waals surface area contributed by atoms with Crippen LogP contribution >= 0.6 is 11.3 Å². The second-order valence-electron chi connectivity index (χ2n) is 5.32. The molecule has 0 aliphatic carbocycles. The molecule has 1 atom stereocenters. The fourth-order valence-electron chi connectivity index (χ4n) is 2.69. The number of likely N-dealkylation sites (tertiary alicyclic amines) is 1. The molecule has 2 aromatic heterocycles. The van der Waals surface area contributed by atoms with Crippen molar-refractivity contribution in [3.05, 3.63) is 34.5 Å². The molecule has 1 fully saturated rings. The zero-order valence-corrected chi connectivity index (χ0v) is 13.5. The molecular weight excluding hydrogens is 336 g/mol. The Morgan fingerprint density at radius 1 is 1.25 bits per heavy atom. The zero-order chi connectivity index (χ0) is 16.9. The van der Waals surface area contributed by atoms with Crippen molar-refractivity contribution in [2.75, 3.05) is 13.1 Å². The van der Waals surface area contributed by atoms with Gasteiger partial charge in [-0.1, -0.05) is 0 Å². The summed E-state index contributed by atoms with van der Waals surface area (Å²) in [5.41, 5.74) is 1.08. The van der Waals surface area contributed by atoms with Gasteiger partial charge in [0.25, 0.3) is 6.43 Å². The van der Waals surface area contributed by atoms with Crippen LogP contribution in [0.25, 0.3) is 0 Å². The first-order chi connectivity index (χ1) is 11.7. The first-order valence-corrected chi connectivity index (χ1v) is 8.35. The number of hydrogen-bond acceptors (Lipinski definition) is 7. The van der Waals surface area contributed by atoms with Gasteiger partial charge >= 0.3 is 6.01 Å². The number of aromatic nitrogens is 3. The predicted octanol–water partition coefficient (Wildman–Crippen LogP) is 2.98. The summed E-state index contributed by atoms with van der Waals surface area (Å²) in [5, 5.41) is 9.45. The zero-order valence-electron chi connectivity index (χ0n) is 12.7. The Labute approximate surface area is 141 Å². The van der Waals surface area contributed by atoms with Crippen molar-refractivity contribution in [3.8, 4) is 12.1 Å². The third kappa shape index (κ3) is 3.66. The highest BCUT2D eigenvalue weighted by atomic mass is 32.1. The monoisotopic (exact) mass is 351 g/mol. The SMILES string of the molecule is N#CC(c1scnc1C(F)F)N1CCC(Oc2ncccn2)CC1. The summed E-state index contributed by atoms with van der Waals surface area (Å²) >= 11 is 1.10. The maximum Gasteiger partial charge on any atom is 0.316 e. The van der Waals surface area contributed by atoms with Crippen LogP contribution in [-0.2, 0) is 0 Å². The van der Waals surface area contributed by atoms with E-state index in [-0.39, 0.29) is 11.8 Å². The van der Waals surface area contributed by atoms with E-state index in [1.165, 1.54) is 5.51 Å². The number of hydrogen-bond donors (Lipinski definition) is 0. The Hall–Kier alpha value is -2.18. The van der Waals surface area contributed by atoms with Gasteiger partial charge in [-0.2, -0.15) is 5.26 Å². The van der Waals surface area contributed by atoms with Crippen molar-refractivity contribution in [1.29, 1.82) is 5.26 Å². The second-order valence-corrected chi connectivity index (χ2v) is 6.21. The van der Waals surface area contributed by atoms with Gasteiger partial charge in [0.05, 0.1) is 16.5 Å². The fourth-order valence-corrected chi connectivity index (χ4v) is 3.56. The minimum atomic E-state index is -2.67. The van der Waals surface area contributed by atoms with E-state index >= 15 is 0 Å². The van der Waals surface area contributed by atoms with Crippen LogP contribution in [0.5, 0.6) is 6.01 Å². The Bertz CT molecular complexity index is 697. The third-order valence-corrected chi connectivity index (χ3v) is 4.75. The van der Waals surface area contributed by atoms with E-state index in [9.17, 15) is 14.0 Å². The lowest BCUT2D eigenvalue weighted by Gasteiger charge is -2.34. The molecule has 0 spiro atoms. The minimum Gasteiger partial charge on any atom is -0.460 e. The first-order valence-electron chi connectivity index (χ1n) is 7.47. The van der Waals surface area contributed by atoms with Gasteiger partial charge in [-0.15, -0.1) is 11.3 Å². The molecule has 1 aliphatic rings. The second kappa shape index (κ2) is 7.59. The molecule has 3 heterocycles. The van der Waals surface area contributed by atoms with Crippen molar-refractivity contribution in [2.45, 2.75) is 31.4 Å². The van der Waals surface area contributed by atoms with E-state index in [1.54, 1.807) is 18.5 Å². The van der Waals surface area contributed by atoms with Crippen LogP contribution in [-0.4, -0.2) is 39.0 Å². The minimum absolute atomic E-state index is 0.0426. The molecule has 0 N–H and O–H groups in total. The normalized spacial score (nSPS) is 17.6. The van der Waals surface area contributed by atoms with E-state index < -0.39 is 12.5 Å². The summed E-state index contributed by atoms with van der Waals surface area (Å²) in [6, 6.07) is 3.47. The van der Waals surface area contributed by atoms with Crippen molar-refractivity contribution >= 4 is 11.3 Å². The predicted molar refractivity (Wildman–Crippen MR) is 82.7 cm³/mol. The van der Waals surface area contributed by atoms with E-state index in [2.05, 4.69) is 21.0 Å². The number of thiazole rings is 1. The van der Waals surface area contributed by atoms with Gasteiger partial charge in [-0.3, -0.25) is 4.90 Å². The molecule has 126 valence electrons. The standard InChI is InChI=1S/C15H15F2N5OS/c16-14(17)12-13(24-9-21-12)11(8-18)22-6-2-10(3-7-22)23-15-19-4-1-5-20-15/h1,4-5,9-11,14H,2-3,6-7H2. The van der Waals surface area contributed by atoms with Crippen LogP contribution in [0.4, 0.5) is 8.78 Å². The van der Waals surface area contributed by atoms with Crippen LogP contribution in [0.1, 0.15) is 35.9 Å². The Kier molecular flexibility index (Phi) is 5.27. The lowest BCUT2D eigenvalue weighted by atomic mass is 10.0. The number of nitriles is 1. The van der Waals surface area contributed by atoms with Crippen LogP contribution < -0.4 is 4.74 Å². The quantitative estimate of drug-likeness (QED) is 0.824. The number of alkyl halides is 2. The molecule has 0 radical (unpaired) electrons. The van der Waals surface area contributed by atoms with Gasteiger partial charge < -0.3 is 4.74 Å². The first kappa shape index (κ1) is 16.7. The van der Waals surface area contributed by atoms with Crippen LogP contribution in [0, 0.1) is 11.3 Å². The van der Waals surface area contributed by atoms with E-state index in [0.717, 1.165) is 11.3 Å². The van der Waals surface area contributed by atoms with E-state index in [1.807, 2.05) is 4.90 Å². The lowest BCUT2D eigenvalue weighted by molar-refractivity contribution is 0.0801. The molecule has 24 heavy (non-hydrogen) atoms. The molecule has 6 nitrogen and oxygen atoms in total. The Morgan fingerprint density at radius 2 is 1.96 bits per heavy atom. The molecule has 0 aromatic carbocycles. The molecule has 0 amide bonds.